The summed E-state index contributed by atoms with van der Waals surface area (Å²) < 4.78 is 5.24. The molecule has 2 rings (SSSR count). The molecule has 0 bridgehead atoms. The van der Waals surface area contributed by atoms with Crippen LogP contribution < -0.4 is 4.74 Å². The van der Waals surface area contributed by atoms with E-state index in [1.54, 1.807) is 7.11 Å². The van der Waals surface area contributed by atoms with Gasteiger partial charge in [-0.15, -0.1) is 0 Å². The lowest BCUT2D eigenvalue weighted by atomic mass is 9.96. The molecule has 0 amide bonds. The van der Waals surface area contributed by atoms with Crippen molar-refractivity contribution in [3.8, 4) is 5.75 Å². The van der Waals surface area contributed by atoms with E-state index in [1.165, 1.54) is 0 Å². The molecular weight excluding hydrogens is 204 g/mol. The molecule has 0 aromatic heterocycles. The number of carbonyl (C=O) groups is 1. The van der Waals surface area contributed by atoms with E-state index in [0.717, 1.165) is 30.6 Å². The first-order valence-electron chi connectivity index (χ1n) is 5.53. The van der Waals surface area contributed by atoms with E-state index in [-0.39, 0.29) is 0 Å². The molecule has 3 heteroatoms. The van der Waals surface area contributed by atoms with Crippen LogP contribution in [0.15, 0.2) is 24.3 Å². The lowest BCUT2D eigenvalue weighted by Gasteiger charge is -2.11. The summed E-state index contributed by atoms with van der Waals surface area (Å²) in [6.45, 7) is 0. The SMILES string of the molecule is COc1ccccc1CCC1(C(=O)O)CC1. The third-order valence-electron chi connectivity index (χ3n) is 3.37. The maximum Gasteiger partial charge on any atom is 0.309 e. The van der Waals surface area contributed by atoms with E-state index in [1.807, 2.05) is 24.3 Å². The van der Waals surface area contributed by atoms with Crippen LogP contribution in [-0.4, -0.2) is 18.2 Å². The normalized spacial score (nSPS) is 16.8. The van der Waals surface area contributed by atoms with Gasteiger partial charge < -0.3 is 9.84 Å². The molecule has 1 aromatic carbocycles. The number of methoxy groups -OCH3 is 1. The molecule has 1 saturated carbocycles. The second-order valence-electron chi connectivity index (χ2n) is 4.40. The minimum absolute atomic E-state index is 0.444. The van der Waals surface area contributed by atoms with Crippen LogP contribution in [-0.2, 0) is 11.2 Å². The molecular formula is C13H16O3. The van der Waals surface area contributed by atoms with Crippen LogP contribution in [0.5, 0.6) is 5.75 Å². The lowest BCUT2D eigenvalue weighted by Crippen LogP contribution is -2.15. The van der Waals surface area contributed by atoms with Crippen molar-refractivity contribution in [2.24, 2.45) is 5.41 Å². The van der Waals surface area contributed by atoms with Crippen molar-refractivity contribution in [3.63, 3.8) is 0 Å². The predicted octanol–water partition coefficient (Wildman–Crippen LogP) is 2.49. The molecule has 0 aliphatic heterocycles. The van der Waals surface area contributed by atoms with Gasteiger partial charge in [-0.1, -0.05) is 18.2 Å². The van der Waals surface area contributed by atoms with Gasteiger partial charge in [-0.05, 0) is 37.3 Å². The van der Waals surface area contributed by atoms with Crippen LogP contribution in [0, 0.1) is 5.41 Å². The largest absolute Gasteiger partial charge is 0.496 e. The zero-order valence-corrected chi connectivity index (χ0v) is 9.40. The van der Waals surface area contributed by atoms with Gasteiger partial charge in [0.25, 0.3) is 0 Å². The Hall–Kier alpha value is -1.51. The van der Waals surface area contributed by atoms with Crippen molar-refractivity contribution in [1.29, 1.82) is 0 Å². The van der Waals surface area contributed by atoms with Crippen molar-refractivity contribution in [1.82, 2.24) is 0 Å². The second-order valence-corrected chi connectivity index (χ2v) is 4.40. The van der Waals surface area contributed by atoms with Gasteiger partial charge in [0.05, 0.1) is 12.5 Å². The number of carboxylic acids is 1. The summed E-state index contributed by atoms with van der Waals surface area (Å²) in [6.07, 6.45) is 3.12. The highest BCUT2D eigenvalue weighted by Crippen LogP contribution is 2.49. The number of hydrogen-bond donors (Lipinski definition) is 1. The van der Waals surface area contributed by atoms with Gasteiger partial charge in [0.15, 0.2) is 0 Å². The molecule has 0 radical (unpaired) electrons. The van der Waals surface area contributed by atoms with Gasteiger partial charge in [-0.3, -0.25) is 4.79 Å². The molecule has 1 fully saturated rings. The number of aryl methyl sites for hydroxylation is 1. The van der Waals surface area contributed by atoms with Crippen LogP contribution in [0.2, 0.25) is 0 Å². The maximum atomic E-state index is 11.0. The van der Waals surface area contributed by atoms with Crippen molar-refractivity contribution in [2.45, 2.75) is 25.7 Å². The molecule has 1 aromatic rings. The van der Waals surface area contributed by atoms with Crippen LogP contribution in [0.1, 0.15) is 24.8 Å². The first-order chi connectivity index (χ1) is 7.68. The van der Waals surface area contributed by atoms with E-state index in [9.17, 15) is 4.79 Å². The average molecular weight is 220 g/mol. The minimum Gasteiger partial charge on any atom is -0.496 e. The van der Waals surface area contributed by atoms with Gasteiger partial charge in [-0.2, -0.15) is 0 Å². The number of carboxylic acid groups (broad SMARTS) is 1. The zero-order valence-electron chi connectivity index (χ0n) is 9.40. The highest BCUT2D eigenvalue weighted by molar-refractivity contribution is 5.77. The van der Waals surface area contributed by atoms with Crippen LogP contribution in [0.25, 0.3) is 0 Å². The van der Waals surface area contributed by atoms with E-state index in [0.29, 0.717) is 6.42 Å². The molecule has 0 atom stereocenters. The van der Waals surface area contributed by atoms with E-state index in [2.05, 4.69) is 0 Å². The molecule has 0 heterocycles. The average Bonchev–Trinajstić information content (AvgIpc) is 3.08. The molecule has 0 unspecified atom stereocenters. The molecule has 1 N–H and O–H groups in total. The Balaban J connectivity index is 2.02. The number of rotatable bonds is 5. The topological polar surface area (TPSA) is 46.5 Å². The Morgan fingerprint density at radius 1 is 1.44 bits per heavy atom. The van der Waals surface area contributed by atoms with Crippen LogP contribution in [0.4, 0.5) is 0 Å². The van der Waals surface area contributed by atoms with Crippen molar-refractivity contribution < 1.29 is 14.6 Å². The predicted molar refractivity (Wildman–Crippen MR) is 60.6 cm³/mol. The van der Waals surface area contributed by atoms with E-state index < -0.39 is 11.4 Å². The van der Waals surface area contributed by atoms with Gasteiger partial charge in [0.2, 0.25) is 0 Å². The van der Waals surface area contributed by atoms with Crippen molar-refractivity contribution >= 4 is 5.97 Å². The molecule has 0 spiro atoms. The van der Waals surface area contributed by atoms with Gasteiger partial charge in [0.1, 0.15) is 5.75 Å². The summed E-state index contributed by atoms with van der Waals surface area (Å²) in [7, 11) is 1.64. The fraction of sp³-hybridized carbons (Fsp3) is 0.462. The third-order valence-corrected chi connectivity index (χ3v) is 3.37. The Morgan fingerprint density at radius 3 is 2.69 bits per heavy atom. The Bertz CT molecular complexity index is 394. The quantitative estimate of drug-likeness (QED) is 0.829. The number of aliphatic carboxylic acids is 1. The number of hydrogen-bond acceptors (Lipinski definition) is 2. The molecule has 1 aliphatic rings. The van der Waals surface area contributed by atoms with Crippen molar-refractivity contribution in [3.05, 3.63) is 29.8 Å². The second kappa shape index (κ2) is 4.16. The van der Waals surface area contributed by atoms with Gasteiger partial charge in [-0.25, -0.2) is 0 Å². The summed E-state index contributed by atoms with van der Waals surface area (Å²) in [5.74, 6) is 0.200. The summed E-state index contributed by atoms with van der Waals surface area (Å²) in [5, 5.41) is 9.08. The Kier molecular flexibility index (Phi) is 2.86. The standard InChI is InChI=1S/C13H16O3/c1-16-11-5-3-2-4-10(11)6-7-13(8-9-13)12(14)15/h2-5H,6-9H2,1H3,(H,14,15). The highest BCUT2D eigenvalue weighted by Gasteiger charge is 2.49. The number of benzene rings is 1. The molecule has 86 valence electrons. The van der Waals surface area contributed by atoms with E-state index in [4.69, 9.17) is 9.84 Å². The van der Waals surface area contributed by atoms with Crippen LogP contribution in [0.3, 0.4) is 0 Å². The first-order valence-corrected chi connectivity index (χ1v) is 5.53. The molecule has 1 aliphatic carbocycles. The minimum atomic E-state index is -0.651. The first kappa shape index (κ1) is 11.0. The fourth-order valence-electron chi connectivity index (χ4n) is 2.01. The summed E-state index contributed by atoms with van der Waals surface area (Å²) in [4.78, 5) is 11.0. The van der Waals surface area contributed by atoms with Gasteiger partial charge >= 0.3 is 5.97 Å². The maximum absolute atomic E-state index is 11.0. The monoisotopic (exact) mass is 220 g/mol. The number of para-hydroxylation sites is 1. The number of ether oxygens (including phenoxy) is 1. The zero-order chi connectivity index (χ0) is 11.6. The Morgan fingerprint density at radius 2 is 2.12 bits per heavy atom. The van der Waals surface area contributed by atoms with Gasteiger partial charge in [0, 0.05) is 0 Å². The summed E-state index contributed by atoms with van der Waals surface area (Å²) in [5.41, 5.74) is 0.651. The molecule has 3 nitrogen and oxygen atoms in total. The van der Waals surface area contributed by atoms with Crippen LogP contribution >= 0.6 is 0 Å². The third kappa shape index (κ3) is 2.03. The molecule has 16 heavy (non-hydrogen) atoms. The smallest absolute Gasteiger partial charge is 0.309 e. The fourth-order valence-corrected chi connectivity index (χ4v) is 2.01. The van der Waals surface area contributed by atoms with Crippen molar-refractivity contribution in [2.75, 3.05) is 7.11 Å². The highest BCUT2D eigenvalue weighted by atomic mass is 16.5. The summed E-state index contributed by atoms with van der Waals surface area (Å²) in [6, 6.07) is 7.79. The Labute approximate surface area is 95.0 Å². The van der Waals surface area contributed by atoms with E-state index >= 15 is 0 Å². The summed E-state index contributed by atoms with van der Waals surface area (Å²) >= 11 is 0. The lowest BCUT2D eigenvalue weighted by molar-refractivity contribution is -0.143. The molecule has 0 saturated heterocycles.